The van der Waals surface area contributed by atoms with Gasteiger partial charge >= 0.3 is 5.97 Å². The monoisotopic (exact) mass is 264 g/mol. The lowest BCUT2D eigenvalue weighted by molar-refractivity contribution is -0.142. The summed E-state index contributed by atoms with van der Waals surface area (Å²) < 4.78 is 4.63. The number of carbonyl (C=O) groups is 1. The predicted molar refractivity (Wildman–Crippen MR) is 72.9 cm³/mol. The SMILES string of the molecule is COC(=O)C(N)CN1CCN(c2ccccn2)CC1. The molecule has 0 spiro atoms. The molecule has 0 radical (unpaired) electrons. The Morgan fingerprint density at radius 2 is 2.16 bits per heavy atom. The number of methoxy groups -OCH3 is 1. The second kappa shape index (κ2) is 6.49. The highest BCUT2D eigenvalue weighted by Gasteiger charge is 2.22. The molecule has 1 saturated heterocycles. The maximum atomic E-state index is 11.3. The minimum atomic E-state index is -0.564. The number of pyridine rings is 1. The molecule has 6 nitrogen and oxygen atoms in total. The van der Waals surface area contributed by atoms with Crippen LogP contribution in [0.15, 0.2) is 24.4 Å². The largest absolute Gasteiger partial charge is 0.468 e. The number of ether oxygens (including phenoxy) is 1. The van der Waals surface area contributed by atoms with Crippen LogP contribution in [0.1, 0.15) is 0 Å². The third-order valence-corrected chi connectivity index (χ3v) is 3.30. The van der Waals surface area contributed by atoms with Crippen molar-refractivity contribution >= 4 is 11.8 Å². The van der Waals surface area contributed by atoms with Crippen molar-refractivity contribution in [1.29, 1.82) is 0 Å². The van der Waals surface area contributed by atoms with E-state index in [0.717, 1.165) is 32.0 Å². The number of carbonyl (C=O) groups excluding carboxylic acids is 1. The minimum Gasteiger partial charge on any atom is -0.468 e. The van der Waals surface area contributed by atoms with E-state index in [2.05, 4.69) is 19.5 Å². The fourth-order valence-corrected chi connectivity index (χ4v) is 2.20. The van der Waals surface area contributed by atoms with E-state index in [1.54, 1.807) is 6.20 Å². The molecule has 0 aliphatic carbocycles. The lowest BCUT2D eigenvalue weighted by atomic mass is 10.2. The van der Waals surface area contributed by atoms with Crippen LogP contribution in [0.4, 0.5) is 5.82 Å². The molecular weight excluding hydrogens is 244 g/mol. The van der Waals surface area contributed by atoms with Crippen molar-refractivity contribution in [1.82, 2.24) is 9.88 Å². The van der Waals surface area contributed by atoms with E-state index in [1.807, 2.05) is 18.2 Å². The van der Waals surface area contributed by atoms with Crippen LogP contribution in [0, 0.1) is 0 Å². The number of aromatic nitrogens is 1. The minimum absolute atomic E-state index is 0.354. The molecule has 1 aliphatic rings. The smallest absolute Gasteiger partial charge is 0.323 e. The van der Waals surface area contributed by atoms with Crippen LogP contribution in [0.25, 0.3) is 0 Å². The lowest BCUT2D eigenvalue weighted by Crippen LogP contribution is -2.51. The summed E-state index contributed by atoms with van der Waals surface area (Å²) in [6.07, 6.45) is 1.80. The zero-order valence-electron chi connectivity index (χ0n) is 11.2. The highest BCUT2D eigenvalue weighted by Crippen LogP contribution is 2.12. The number of hydrogen-bond donors (Lipinski definition) is 1. The van der Waals surface area contributed by atoms with Crippen LogP contribution in [0.3, 0.4) is 0 Å². The van der Waals surface area contributed by atoms with Gasteiger partial charge in [0.15, 0.2) is 0 Å². The predicted octanol–water partition coefficient (Wildman–Crippen LogP) is -0.296. The Labute approximate surface area is 113 Å². The molecule has 2 rings (SSSR count). The average Bonchev–Trinajstić information content (AvgIpc) is 2.48. The number of piperazine rings is 1. The first-order valence-corrected chi connectivity index (χ1v) is 6.42. The fourth-order valence-electron chi connectivity index (χ4n) is 2.20. The first-order chi connectivity index (χ1) is 9.20. The van der Waals surface area contributed by atoms with Crippen LogP contribution in [-0.2, 0) is 9.53 Å². The van der Waals surface area contributed by atoms with Crippen LogP contribution < -0.4 is 10.6 Å². The molecule has 2 heterocycles. The van der Waals surface area contributed by atoms with E-state index in [-0.39, 0.29) is 5.97 Å². The van der Waals surface area contributed by atoms with Crippen molar-refractivity contribution in [3.8, 4) is 0 Å². The van der Waals surface area contributed by atoms with E-state index in [0.29, 0.717) is 6.54 Å². The number of anilines is 1. The Morgan fingerprint density at radius 1 is 1.42 bits per heavy atom. The molecule has 104 valence electrons. The molecular formula is C13H20N4O2. The van der Waals surface area contributed by atoms with Crippen molar-refractivity contribution in [3.63, 3.8) is 0 Å². The molecule has 2 N–H and O–H groups in total. The molecule has 0 bridgehead atoms. The summed E-state index contributed by atoms with van der Waals surface area (Å²) in [6.45, 7) is 4.08. The molecule has 1 fully saturated rings. The third-order valence-electron chi connectivity index (χ3n) is 3.30. The van der Waals surface area contributed by atoms with Gasteiger partial charge < -0.3 is 15.4 Å². The molecule has 1 unspecified atom stereocenters. The number of rotatable bonds is 4. The Kier molecular flexibility index (Phi) is 4.70. The van der Waals surface area contributed by atoms with Gasteiger partial charge in [-0.3, -0.25) is 9.69 Å². The first-order valence-electron chi connectivity index (χ1n) is 6.42. The van der Waals surface area contributed by atoms with Crippen molar-refractivity contribution in [3.05, 3.63) is 24.4 Å². The Balaban J connectivity index is 1.81. The van der Waals surface area contributed by atoms with Crippen LogP contribution in [0.5, 0.6) is 0 Å². The summed E-state index contributed by atoms with van der Waals surface area (Å²) in [5.74, 6) is 0.645. The molecule has 1 aromatic heterocycles. The van der Waals surface area contributed by atoms with E-state index in [1.165, 1.54) is 7.11 Å². The number of esters is 1. The van der Waals surface area contributed by atoms with Gasteiger partial charge in [-0.2, -0.15) is 0 Å². The van der Waals surface area contributed by atoms with Gasteiger partial charge in [0.25, 0.3) is 0 Å². The molecule has 0 amide bonds. The lowest BCUT2D eigenvalue weighted by Gasteiger charge is -2.36. The quantitative estimate of drug-likeness (QED) is 0.753. The van der Waals surface area contributed by atoms with E-state index < -0.39 is 6.04 Å². The molecule has 19 heavy (non-hydrogen) atoms. The van der Waals surface area contributed by atoms with Crippen LogP contribution in [0.2, 0.25) is 0 Å². The molecule has 1 atom stereocenters. The van der Waals surface area contributed by atoms with Crippen molar-refractivity contribution in [2.45, 2.75) is 6.04 Å². The number of hydrogen-bond acceptors (Lipinski definition) is 6. The maximum absolute atomic E-state index is 11.3. The number of nitrogens with two attached hydrogens (primary N) is 1. The van der Waals surface area contributed by atoms with Crippen molar-refractivity contribution < 1.29 is 9.53 Å². The molecule has 6 heteroatoms. The fraction of sp³-hybridized carbons (Fsp3) is 0.538. The standard InChI is InChI=1S/C13H20N4O2/c1-19-13(18)11(14)10-16-6-8-17(9-7-16)12-4-2-3-5-15-12/h2-5,11H,6-10,14H2,1H3. The number of nitrogens with zero attached hydrogens (tertiary/aromatic N) is 3. The summed E-state index contributed by atoms with van der Waals surface area (Å²) in [6, 6.07) is 5.35. The van der Waals surface area contributed by atoms with Crippen molar-refractivity contribution in [2.75, 3.05) is 44.7 Å². The van der Waals surface area contributed by atoms with Crippen LogP contribution >= 0.6 is 0 Å². The Bertz CT molecular complexity index is 404. The van der Waals surface area contributed by atoms with Gasteiger partial charge in [0.1, 0.15) is 11.9 Å². The molecule has 1 aliphatic heterocycles. The zero-order chi connectivity index (χ0) is 13.7. The summed E-state index contributed by atoms with van der Waals surface area (Å²) in [7, 11) is 1.36. The highest BCUT2D eigenvalue weighted by atomic mass is 16.5. The maximum Gasteiger partial charge on any atom is 0.323 e. The summed E-state index contributed by atoms with van der Waals surface area (Å²) in [5, 5.41) is 0. The summed E-state index contributed by atoms with van der Waals surface area (Å²) in [4.78, 5) is 20.0. The highest BCUT2D eigenvalue weighted by molar-refractivity contribution is 5.75. The van der Waals surface area contributed by atoms with Gasteiger partial charge in [0.05, 0.1) is 7.11 Å². The van der Waals surface area contributed by atoms with Gasteiger partial charge in [-0.15, -0.1) is 0 Å². The molecule has 0 aromatic carbocycles. The first kappa shape index (κ1) is 13.8. The summed E-state index contributed by atoms with van der Waals surface area (Å²) >= 11 is 0. The average molecular weight is 264 g/mol. The van der Waals surface area contributed by atoms with Crippen molar-refractivity contribution in [2.24, 2.45) is 5.73 Å². The van der Waals surface area contributed by atoms with Gasteiger partial charge in [0.2, 0.25) is 0 Å². The van der Waals surface area contributed by atoms with Gasteiger partial charge in [0, 0.05) is 38.9 Å². The molecule has 0 saturated carbocycles. The van der Waals surface area contributed by atoms with E-state index >= 15 is 0 Å². The zero-order valence-corrected chi connectivity index (χ0v) is 11.2. The van der Waals surface area contributed by atoms with Gasteiger partial charge in [-0.1, -0.05) is 6.07 Å². The van der Waals surface area contributed by atoms with E-state index in [9.17, 15) is 4.79 Å². The summed E-state index contributed by atoms with van der Waals surface area (Å²) in [5.41, 5.74) is 5.76. The topological polar surface area (TPSA) is 71.7 Å². The van der Waals surface area contributed by atoms with Gasteiger partial charge in [-0.05, 0) is 12.1 Å². The van der Waals surface area contributed by atoms with Gasteiger partial charge in [-0.25, -0.2) is 4.98 Å². The Hall–Kier alpha value is -1.66. The van der Waals surface area contributed by atoms with E-state index in [4.69, 9.17) is 5.73 Å². The normalized spacial score (nSPS) is 18.1. The Morgan fingerprint density at radius 3 is 2.74 bits per heavy atom. The second-order valence-corrected chi connectivity index (χ2v) is 4.61. The third kappa shape index (κ3) is 3.65. The molecule has 1 aromatic rings. The van der Waals surface area contributed by atoms with Crippen LogP contribution in [-0.4, -0.2) is 61.7 Å². The second-order valence-electron chi connectivity index (χ2n) is 4.61.